The molecule has 35 heavy (non-hydrogen) atoms. The first-order valence-corrected chi connectivity index (χ1v) is 12.0. The van der Waals surface area contributed by atoms with Crippen molar-refractivity contribution < 1.29 is 0 Å². The van der Waals surface area contributed by atoms with Crippen molar-refractivity contribution in [1.29, 1.82) is 0 Å². The summed E-state index contributed by atoms with van der Waals surface area (Å²) in [5.41, 5.74) is 11.9. The Kier molecular flexibility index (Phi) is 3.62. The summed E-state index contributed by atoms with van der Waals surface area (Å²) in [5.74, 6) is 0.776. The molecule has 8 rings (SSSR count). The van der Waals surface area contributed by atoms with Gasteiger partial charge in [-0.05, 0) is 62.8 Å². The van der Waals surface area contributed by atoms with E-state index in [2.05, 4.69) is 103 Å². The van der Waals surface area contributed by atoms with Gasteiger partial charge >= 0.3 is 0 Å². The van der Waals surface area contributed by atoms with E-state index in [0.29, 0.717) is 0 Å². The smallest absolute Gasteiger partial charge is 0.157 e. The summed E-state index contributed by atoms with van der Waals surface area (Å²) in [6.45, 7) is 0. The van der Waals surface area contributed by atoms with Crippen LogP contribution < -0.4 is 0 Å². The van der Waals surface area contributed by atoms with E-state index in [1.165, 1.54) is 44.5 Å². The summed E-state index contributed by atoms with van der Waals surface area (Å²) < 4.78 is 0. The van der Waals surface area contributed by atoms with Gasteiger partial charge in [0.2, 0.25) is 0 Å². The van der Waals surface area contributed by atoms with E-state index < -0.39 is 5.41 Å². The SMILES string of the molecule is C1=CC2(C3=Cc4ccccc4C3=C1)C1=Cc3ccccc3C1=CC=C2c1ncc2ccccc2n1. The van der Waals surface area contributed by atoms with E-state index in [9.17, 15) is 0 Å². The monoisotopic (exact) mass is 444 g/mol. The van der Waals surface area contributed by atoms with Crippen molar-refractivity contribution in [2.75, 3.05) is 0 Å². The molecule has 4 aliphatic rings. The van der Waals surface area contributed by atoms with E-state index in [4.69, 9.17) is 9.97 Å². The van der Waals surface area contributed by atoms with Crippen molar-refractivity contribution in [3.05, 3.63) is 149 Å². The van der Waals surface area contributed by atoms with E-state index in [1.54, 1.807) is 0 Å². The van der Waals surface area contributed by atoms with Crippen LogP contribution in [0.5, 0.6) is 0 Å². The molecule has 3 aromatic carbocycles. The average Bonchev–Trinajstić information content (AvgIpc) is 3.49. The fourth-order valence-corrected chi connectivity index (χ4v) is 6.15. The van der Waals surface area contributed by atoms with E-state index in [1.807, 2.05) is 18.3 Å². The van der Waals surface area contributed by atoms with Crippen LogP contribution in [0.25, 0.3) is 39.8 Å². The molecule has 162 valence electrons. The zero-order valence-corrected chi connectivity index (χ0v) is 18.9. The van der Waals surface area contributed by atoms with Crippen molar-refractivity contribution in [3.63, 3.8) is 0 Å². The average molecular weight is 445 g/mol. The highest BCUT2D eigenvalue weighted by Gasteiger charge is 2.49. The Morgan fingerprint density at radius 1 is 0.600 bits per heavy atom. The number of para-hydroxylation sites is 1. The standard InChI is InChI=1S/C33H20N2/c1-4-11-24-21(8-1)18-29-26(24)13-7-17-33(29)28(32-34-20-23-10-3-6-14-31(23)35-32)16-15-27-25-12-5-2-9-22(25)19-30(27)33/h1-20H. The van der Waals surface area contributed by atoms with Crippen LogP contribution in [-0.4, -0.2) is 9.97 Å². The van der Waals surface area contributed by atoms with Gasteiger partial charge in [0, 0.05) is 17.2 Å². The van der Waals surface area contributed by atoms with Crippen LogP contribution in [0.1, 0.15) is 28.1 Å². The quantitative estimate of drug-likeness (QED) is 0.303. The zero-order valence-electron chi connectivity index (χ0n) is 18.9. The largest absolute Gasteiger partial charge is 0.236 e. The third kappa shape index (κ3) is 2.43. The minimum absolute atomic E-state index is 0.464. The molecule has 1 aromatic heterocycles. The van der Waals surface area contributed by atoms with E-state index in [-0.39, 0.29) is 0 Å². The molecule has 1 heterocycles. The van der Waals surface area contributed by atoms with Crippen LogP contribution in [0, 0.1) is 5.41 Å². The number of hydrogen-bond donors (Lipinski definition) is 0. The van der Waals surface area contributed by atoms with Gasteiger partial charge in [-0.1, -0.05) is 97.1 Å². The number of hydrogen-bond acceptors (Lipinski definition) is 2. The number of aromatic nitrogens is 2. The highest BCUT2D eigenvalue weighted by Crippen LogP contribution is 2.63. The summed E-state index contributed by atoms with van der Waals surface area (Å²) >= 11 is 0. The van der Waals surface area contributed by atoms with Crippen molar-refractivity contribution in [2.24, 2.45) is 5.41 Å². The Morgan fingerprint density at radius 3 is 2.03 bits per heavy atom. The minimum Gasteiger partial charge on any atom is -0.236 e. The van der Waals surface area contributed by atoms with Gasteiger partial charge in [-0.2, -0.15) is 0 Å². The topological polar surface area (TPSA) is 25.8 Å². The lowest BCUT2D eigenvalue weighted by Crippen LogP contribution is -2.29. The molecule has 2 nitrogen and oxygen atoms in total. The van der Waals surface area contributed by atoms with Crippen LogP contribution >= 0.6 is 0 Å². The van der Waals surface area contributed by atoms with Gasteiger partial charge in [-0.3, -0.25) is 0 Å². The molecule has 0 saturated carbocycles. The van der Waals surface area contributed by atoms with Crippen molar-refractivity contribution >= 4 is 39.8 Å². The molecular weight excluding hydrogens is 424 g/mol. The highest BCUT2D eigenvalue weighted by molar-refractivity contribution is 6.10. The van der Waals surface area contributed by atoms with Gasteiger partial charge in [0.1, 0.15) is 0 Å². The molecule has 1 unspecified atom stereocenters. The van der Waals surface area contributed by atoms with Crippen molar-refractivity contribution in [1.82, 2.24) is 9.97 Å². The zero-order chi connectivity index (χ0) is 23.0. The summed E-state index contributed by atoms with van der Waals surface area (Å²) in [5, 5.41) is 1.05. The normalized spacial score (nSPS) is 20.9. The fourth-order valence-electron chi connectivity index (χ4n) is 6.15. The lowest BCUT2D eigenvalue weighted by Gasteiger charge is -2.41. The molecule has 1 spiro atoms. The molecule has 2 heteroatoms. The number of fused-ring (bicyclic) bond motifs is 9. The molecule has 0 amide bonds. The molecule has 0 N–H and O–H groups in total. The Balaban J connectivity index is 1.42. The van der Waals surface area contributed by atoms with Crippen LogP contribution in [0.2, 0.25) is 0 Å². The Morgan fingerprint density at radius 2 is 1.26 bits per heavy atom. The number of rotatable bonds is 1. The minimum atomic E-state index is -0.464. The maximum atomic E-state index is 5.06. The Bertz CT molecular complexity index is 1770. The molecule has 0 radical (unpaired) electrons. The second-order valence-corrected chi connectivity index (χ2v) is 9.45. The van der Waals surface area contributed by atoms with Crippen molar-refractivity contribution in [2.45, 2.75) is 0 Å². The maximum absolute atomic E-state index is 5.06. The van der Waals surface area contributed by atoms with Gasteiger partial charge in [0.05, 0.1) is 10.9 Å². The third-order valence-corrected chi connectivity index (χ3v) is 7.71. The fraction of sp³-hybridized carbons (Fsp3) is 0.0303. The first-order valence-electron chi connectivity index (χ1n) is 12.0. The van der Waals surface area contributed by atoms with Crippen LogP contribution in [-0.2, 0) is 0 Å². The van der Waals surface area contributed by atoms with Crippen LogP contribution in [0.4, 0.5) is 0 Å². The van der Waals surface area contributed by atoms with E-state index >= 15 is 0 Å². The van der Waals surface area contributed by atoms with Gasteiger partial charge in [-0.15, -0.1) is 0 Å². The molecule has 0 saturated heterocycles. The van der Waals surface area contributed by atoms with Crippen molar-refractivity contribution in [3.8, 4) is 0 Å². The summed E-state index contributed by atoms with van der Waals surface area (Å²) in [4.78, 5) is 9.95. The van der Waals surface area contributed by atoms with Gasteiger partial charge in [0.15, 0.2) is 5.82 Å². The second kappa shape index (κ2) is 6.74. The maximum Gasteiger partial charge on any atom is 0.157 e. The second-order valence-electron chi connectivity index (χ2n) is 9.45. The molecule has 0 bridgehead atoms. The molecule has 1 atom stereocenters. The summed E-state index contributed by atoms with van der Waals surface area (Å²) in [6, 6.07) is 25.6. The lowest BCUT2D eigenvalue weighted by atomic mass is 9.61. The Hall–Kier alpha value is -4.56. The Labute approximate surface area is 203 Å². The number of nitrogens with zero attached hydrogens (tertiary/aromatic N) is 2. The predicted octanol–water partition coefficient (Wildman–Crippen LogP) is 7.54. The van der Waals surface area contributed by atoms with Gasteiger partial charge in [0.25, 0.3) is 0 Å². The van der Waals surface area contributed by atoms with Crippen LogP contribution in [0.3, 0.4) is 0 Å². The lowest BCUT2D eigenvalue weighted by molar-refractivity contribution is 0.767. The molecule has 4 aromatic rings. The first kappa shape index (κ1) is 18.8. The number of allylic oxidation sites excluding steroid dienone is 10. The van der Waals surface area contributed by atoms with E-state index in [0.717, 1.165) is 22.3 Å². The molecule has 0 aliphatic heterocycles. The first-order chi connectivity index (χ1) is 17.3. The molecule has 4 aliphatic carbocycles. The third-order valence-electron chi connectivity index (χ3n) is 7.71. The molecule has 0 fully saturated rings. The summed E-state index contributed by atoms with van der Waals surface area (Å²) in [7, 11) is 0. The predicted molar refractivity (Wildman–Crippen MR) is 144 cm³/mol. The van der Waals surface area contributed by atoms with Crippen LogP contribution in [0.15, 0.2) is 121 Å². The summed E-state index contributed by atoms with van der Waals surface area (Å²) in [6.07, 6.45) is 18.0. The highest BCUT2D eigenvalue weighted by atomic mass is 14.9. The number of benzene rings is 3. The molecular formula is C33H20N2. The van der Waals surface area contributed by atoms with Gasteiger partial charge in [-0.25, -0.2) is 9.97 Å². The van der Waals surface area contributed by atoms with Gasteiger partial charge < -0.3 is 0 Å².